The molecule has 10 nitrogen and oxygen atoms in total. The molecular formula is C19H24IN5O5. The minimum Gasteiger partial charge on any atom is -0.463 e. The van der Waals surface area contributed by atoms with E-state index in [1.165, 1.54) is 10.8 Å². The van der Waals surface area contributed by atoms with Gasteiger partial charge in [-0.15, -0.1) is 0 Å². The molecule has 4 atom stereocenters. The number of fused-ring (bicyclic) bond motifs is 1. The van der Waals surface area contributed by atoms with Gasteiger partial charge in [-0.1, -0.05) is 26.2 Å². The van der Waals surface area contributed by atoms with Crippen LogP contribution in [0.15, 0.2) is 12.4 Å². The van der Waals surface area contributed by atoms with Gasteiger partial charge in [-0.3, -0.25) is 4.79 Å². The lowest BCUT2D eigenvalue weighted by atomic mass is 9.92. The Bertz CT molecular complexity index is 961. The van der Waals surface area contributed by atoms with Crippen LogP contribution in [0.3, 0.4) is 0 Å². The molecule has 4 unspecified atom stereocenters. The number of aromatic nitrogens is 3. The fourth-order valence-corrected chi connectivity index (χ4v) is 4.35. The second-order valence-electron chi connectivity index (χ2n) is 7.22. The zero-order valence-electron chi connectivity index (χ0n) is 16.5. The third-order valence-corrected chi connectivity index (χ3v) is 6.01. The topological polar surface area (TPSA) is 156 Å². The number of rotatable bonds is 8. The Labute approximate surface area is 187 Å². The van der Waals surface area contributed by atoms with E-state index in [1.807, 2.05) is 28.7 Å². The first-order valence-corrected chi connectivity index (χ1v) is 10.8. The fraction of sp³-hybridized carbons (Fsp3) is 0.579. The molecular weight excluding hydrogens is 505 g/mol. The number of nitrogens with zero attached hydrogens (tertiary/aromatic N) is 4. The smallest absolute Gasteiger partial charge is 0.305 e. The lowest BCUT2D eigenvalue weighted by molar-refractivity contribution is -0.150. The number of aliphatic hydroxyl groups is 2. The minimum absolute atomic E-state index is 0.204. The highest BCUT2D eigenvalue weighted by Crippen LogP contribution is 2.41. The number of carbonyl (C=O) groups is 1. The zero-order valence-corrected chi connectivity index (χ0v) is 18.7. The zero-order chi connectivity index (χ0) is 21.9. The summed E-state index contributed by atoms with van der Waals surface area (Å²) in [6, 6.07) is 3.57. The molecule has 0 radical (unpaired) electrons. The number of ether oxygens (including phenoxy) is 2. The van der Waals surface area contributed by atoms with Gasteiger partial charge in [-0.05, 0) is 35.1 Å². The van der Waals surface area contributed by atoms with Crippen LogP contribution in [0.1, 0.15) is 44.7 Å². The van der Waals surface area contributed by atoms with Crippen LogP contribution in [0.25, 0.3) is 5.52 Å². The Morgan fingerprint density at radius 1 is 1.47 bits per heavy atom. The Morgan fingerprint density at radius 2 is 2.23 bits per heavy atom. The number of nitrogens with two attached hydrogens (primary N) is 1. The molecule has 1 aliphatic rings. The number of nitriles is 1. The normalized spacial score (nSPS) is 26.0. The van der Waals surface area contributed by atoms with E-state index in [9.17, 15) is 20.3 Å². The number of hydrogen-bond acceptors (Lipinski definition) is 9. The maximum absolute atomic E-state index is 11.9. The molecule has 2 aromatic rings. The average Bonchev–Trinajstić information content (AvgIpc) is 3.20. The molecule has 0 bridgehead atoms. The summed E-state index contributed by atoms with van der Waals surface area (Å²) in [6.45, 7) is 1.81. The minimum atomic E-state index is -1.91. The molecule has 0 aromatic carbocycles. The fourth-order valence-electron chi connectivity index (χ4n) is 3.55. The van der Waals surface area contributed by atoms with Crippen LogP contribution in [0, 0.1) is 14.9 Å². The van der Waals surface area contributed by atoms with Gasteiger partial charge in [-0.25, -0.2) is 9.50 Å². The van der Waals surface area contributed by atoms with Gasteiger partial charge >= 0.3 is 5.97 Å². The van der Waals surface area contributed by atoms with Crippen molar-refractivity contribution in [1.82, 2.24) is 14.6 Å². The second-order valence-corrected chi connectivity index (χ2v) is 8.38. The van der Waals surface area contributed by atoms with Crippen LogP contribution >= 0.6 is 22.6 Å². The number of carbonyl (C=O) groups excluding carboxylic acids is 1. The van der Waals surface area contributed by atoms with Crippen LogP contribution in [0.4, 0.5) is 5.82 Å². The summed E-state index contributed by atoms with van der Waals surface area (Å²) in [6.07, 6.45) is 1.19. The van der Waals surface area contributed by atoms with Crippen molar-refractivity contribution in [2.75, 3.05) is 12.3 Å². The summed E-state index contributed by atoms with van der Waals surface area (Å²) < 4.78 is 13.0. The predicted octanol–water partition coefficient (Wildman–Crippen LogP) is 1.27. The van der Waals surface area contributed by atoms with E-state index < -0.39 is 29.9 Å². The van der Waals surface area contributed by atoms with Crippen LogP contribution in [-0.2, 0) is 19.9 Å². The quantitative estimate of drug-likeness (QED) is 0.260. The molecule has 0 aliphatic carbocycles. The number of esters is 1. The van der Waals surface area contributed by atoms with E-state index >= 15 is 0 Å². The first-order valence-electron chi connectivity index (χ1n) is 9.74. The first-order chi connectivity index (χ1) is 14.4. The lowest BCUT2D eigenvalue weighted by Gasteiger charge is -2.24. The summed E-state index contributed by atoms with van der Waals surface area (Å²) in [5.74, 6) is -0.204. The van der Waals surface area contributed by atoms with Crippen molar-refractivity contribution in [3.63, 3.8) is 0 Å². The Hall–Kier alpha value is -2.01. The van der Waals surface area contributed by atoms with Crippen molar-refractivity contribution in [3.05, 3.63) is 21.7 Å². The SMILES string of the molecule is CCCCCCC(=O)OCC1OC(C#N)(c2cc(I)c3c(N)ncnn23)C(O)C1O. The van der Waals surface area contributed by atoms with E-state index in [1.54, 1.807) is 6.07 Å². The summed E-state index contributed by atoms with van der Waals surface area (Å²) in [4.78, 5) is 15.9. The highest BCUT2D eigenvalue weighted by Gasteiger charge is 2.58. The van der Waals surface area contributed by atoms with Crippen molar-refractivity contribution in [1.29, 1.82) is 5.26 Å². The van der Waals surface area contributed by atoms with Crippen molar-refractivity contribution in [2.45, 2.75) is 62.9 Å². The number of halogens is 1. The van der Waals surface area contributed by atoms with Gasteiger partial charge in [0.25, 0.3) is 0 Å². The van der Waals surface area contributed by atoms with Gasteiger partial charge in [-0.2, -0.15) is 10.4 Å². The van der Waals surface area contributed by atoms with Crippen LogP contribution in [-0.4, -0.2) is 55.7 Å². The predicted molar refractivity (Wildman–Crippen MR) is 114 cm³/mol. The standard InChI is InChI=1S/C19H24IN5O5/c1-2-3-4-5-6-14(26)29-8-12-16(27)17(28)19(9-21,30-12)13-7-11(20)15-18(22)23-10-24-25(13)15/h7,10,12,16-17,27-28H,2-6,8H2,1H3,(H2,22,23,24). The summed E-state index contributed by atoms with van der Waals surface area (Å²) in [7, 11) is 0. The van der Waals surface area contributed by atoms with Crippen LogP contribution in [0.2, 0.25) is 0 Å². The van der Waals surface area contributed by atoms with Crippen molar-refractivity contribution in [2.24, 2.45) is 0 Å². The molecule has 11 heteroatoms. The van der Waals surface area contributed by atoms with Crippen LogP contribution < -0.4 is 5.73 Å². The molecule has 0 saturated carbocycles. The molecule has 30 heavy (non-hydrogen) atoms. The van der Waals surface area contributed by atoms with Gasteiger partial charge in [0.2, 0.25) is 5.60 Å². The van der Waals surface area contributed by atoms with Crippen molar-refractivity contribution in [3.8, 4) is 6.07 Å². The van der Waals surface area contributed by atoms with Crippen LogP contribution in [0.5, 0.6) is 0 Å². The molecule has 2 aromatic heterocycles. The molecule has 3 heterocycles. The molecule has 3 rings (SSSR count). The molecule has 162 valence electrons. The number of nitrogen functional groups attached to an aromatic ring is 1. The summed E-state index contributed by atoms with van der Waals surface area (Å²) in [5.41, 5.74) is 4.68. The molecule has 0 spiro atoms. The lowest BCUT2D eigenvalue weighted by Crippen LogP contribution is -2.41. The third kappa shape index (κ3) is 4.09. The Morgan fingerprint density at radius 3 is 2.93 bits per heavy atom. The highest BCUT2D eigenvalue weighted by molar-refractivity contribution is 14.1. The van der Waals surface area contributed by atoms with Crippen molar-refractivity contribution >= 4 is 39.9 Å². The summed E-state index contributed by atoms with van der Waals surface area (Å²) in [5, 5.41) is 35.2. The maximum atomic E-state index is 11.9. The third-order valence-electron chi connectivity index (χ3n) is 5.18. The number of anilines is 1. The maximum Gasteiger partial charge on any atom is 0.305 e. The monoisotopic (exact) mass is 529 g/mol. The van der Waals surface area contributed by atoms with E-state index in [2.05, 4.69) is 17.0 Å². The van der Waals surface area contributed by atoms with E-state index in [0.29, 0.717) is 9.09 Å². The number of hydrogen-bond donors (Lipinski definition) is 3. The Kier molecular flexibility index (Phi) is 7.12. The van der Waals surface area contributed by atoms with Gasteiger partial charge in [0.05, 0.1) is 5.69 Å². The van der Waals surface area contributed by atoms with Crippen molar-refractivity contribution < 1.29 is 24.5 Å². The van der Waals surface area contributed by atoms with Gasteiger partial charge < -0.3 is 25.4 Å². The van der Waals surface area contributed by atoms with E-state index in [-0.39, 0.29) is 24.5 Å². The number of unbranched alkanes of at least 4 members (excludes halogenated alkanes) is 3. The molecule has 1 fully saturated rings. The van der Waals surface area contributed by atoms with E-state index in [4.69, 9.17) is 15.2 Å². The Balaban J connectivity index is 1.79. The first kappa shape index (κ1) is 22.7. The van der Waals surface area contributed by atoms with Gasteiger partial charge in [0, 0.05) is 9.99 Å². The number of aliphatic hydroxyl groups excluding tert-OH is 2. The highest BCUT2D eigenvalue weighted by atomic mass is 127. The molecule has 1 aliphatic heterocycles. The van der Waals surface area contributed by atoms with Gasteiger partial charge in [0.15, 0.2) is 5.82 Å². The largest absolute Gasteiger partial charge is 0.463 e. The summed E-state index contributed by atoms with van der Waals surface area (Å²) >= 11 is 2.02. The average molecular weight is 529 g/mol. The van der Waals surface area contributed by atoms with Gasteiger partial charge in [0.1, 0.15) is 42.8 Å². The molecule has 0 amide bonds. The molecule has 4 N–H and O–H groups in total. The second kappa shape index (κ2) is 9.42. The molecule has 1 saturated heterocycles. The van der Waals surface area contributed by atoms with E-state index in [0.717, 1.165) is 25.7 Å².